The first kappa shape index (κ1) is 15.8. The minimum atomic E-state index is 0.324. The number of aryl methyl sites for hydroxylation is 2. The lowest BCUT2D eigenvalue weighted by Crippen LogP contribution is -2.48. The molecule has 0 unspecified atom stereocenters. The van der Waals surface area contributed by atoms with Gasteiger partial charge in [-0.25, -0.2) is 0 Å². The zero-order valence-electron chi connectivity index (χ0n) is 14.4. The van der Waals surface area contributed by atoms with Crippen LogP contribution in [-0.4, -0.2) is 40.8 Å². The smallest absolute Gasteiger partial charge is 0.230 e. The second kappa shape index (κ2) is 6.65. The van der Waals surface area contributed by atoms with Crippen molar-refractivity contribution >= 4 is 0 Å². The number of hydrogen-bond donors (Lipinski definition) is 0. The molecule has 5 heteroatoms. The van der Waals surface area contributed by atoms with Crippen molar-refractivity contribution in [3.05, 3.63) is 47.1 Å². The Morgan fingerprint density at radius 3 is 2.75 bits per heavy atom. The molecule has 0 saturated carbocycles. The number of rotatable bonds is 3. The molecule has 3 atom stereocenters. The predicted molar refractivity (Wildman–Crippen MR) is 90.7 cm³/mol. The lowest BCUT2D eigenvalue weighted by Gasteiger charge is -2.44. The van der Waals surface area contributed by atoms with Crippen LogP contribution in [0.4, 0.5) is 0 Å². The summed E-state index contributed by atoms with van der Waals surface area (Å²) in [7, 11) is 0. The lowest BCUT2D eigenvalue weighted by molar-refractivity contribution is -0.0825. The first-order valence-electron chi connectivity index (χ1n) is 8.89. The van der Waals surface area contributed by atoms with Gasteiger partial charge in [0.25, 0.3) is 0 Å². The summed E-state index contributed by atoms with van der Waals surface area (Å²) in [6.07, 6.45) is 2.38. The third-order valence-electron chi connectivity index (χ3n) is 5.34. The molecule has 3 heterocycles. The summed E-state index contributed by atoms with van der Waals surface area (Å²) < 4.78 is 11.5. The highest BCUT2D eigenvalue weighted by Gasteiger charge is 2.41. The molecule has 2 aliphatic rings. The maximum absolute atomic E-state index is 6.04. The standard InChI is InChI=1S/C19H25N3O2/c1-13-3-5-15(6-4-13)11-22-9-7-18-17(12-22)16(8-10-23-18)19-20-14(2)21-24-19/h3-6,16-18H,7-12H2,1-2H3/t16-,17-,18-/m1/s1. The molecule has 128 valence electrons. The number of hydrogen-bond acceptors (Lipinski definition) is 5. The van der Waals surface area contributed by atoms with Gasteiger partial charge < -0.3 is 9.26 Å². The third kappa shape index (κ3) is 3.23. The van der Waals surface area contributed by atoms with E-state index in [1.54, 1.807) is 0 Å². The fourth-order valence-electron chi connectivity index (χ4n) is 4.05. The first-order chi connectivity index (χ1) is 11.7. The van der Waals surface area contributed by atoms with Gasteiger partial charge in [0, 0.05) is 38.1 Å². The van der Waals surface area contributed by atoms with Crippen LogP contribution in [0.3, 0.4) is 0 Å². The van der Waals surface area contributed by atoms with Gasteiger partial charge >= 0.3 is 0 Å². The van der Waals surface area contributed by atoms with E-state index in [9.17, 15) is 0 Å². The maximum atomic E-state index is 6.04. The van der Waals surface area contributed by atoms with E-state index < -0.39 is 0 Å². The summed E-state index contributed by atoms with van der Waals surface area (Å²) >= 11 is 0. The van der Waals surface area contributed by atoms with Crippen LogP contribution in [0.5, 0.6) is 0 Å². The van der Waals surface area contributed by atoms with E-state index >= 15 is 0 Å². The van der Waals surface area contributed by atoms with Crippen LogP contribution in [0.1, 0.15) is 41.6 Å². The van der Waals surface area contributed by atoms with Crippen molar-refractivity contribution in [2.75, 3.05) is 19.7 Å². The van der Waals surface area contributed by atoms with E-state index in [1.807, 2.05) is 6.92 Å². The van der Waals surface area contributed by atoms with Crippen molar-refractivity contribution in [3.8, 4) is 0 Å². The fourth-order valence-corrected chi connectivity index (χ4v) is 4.05. The molecule has 5 nitrogen and oxygen atoms in total. The number of piperidine rings is 1. The van der Waals surface area contributed by atoms with Gasteiger partial charge in [-0.2, -0.15) is 4.98 Å². The van der Waals surface area contributed by atoms with Crippen molar-refractivity contribution in [3.63, 3.8) is 0 Å². The van der Waals surface area contributed by atoms with Crippen molar-refractivity contribution in [2.45, 2.75) is 45.3 Å². The zero-order valence-corrected chi connectivity index (χ0v) is 14.4. The van der Waals surface area contributed by atoms with E-state index in [-0.39, 0.29) is 0 Å². The Morgan fingerprint density at radius 1 is 1.17 bits per heavy atom. The van der Waals surface area contributed by atoms with Crippen molar-refractivity contribution in [2.24, 2.45) is 5.92 Å². The predicted octanol–water partition coefficient (Wildman–Crippen LogP) is 3.08. The molecule has 0 bridgehead atoms. The molecule has 0 aliphatic carbocycles. The van der Waals surface area contributed by atoms with E-state index in [2.05, 4.69) is 46.2 Å². The molecular formula is C19H25N3O2. The second-order valence-electron chi connectivity index (χ2n) is 7.16. The Hall–Kier alpha value is -1.72. The van der Waals surface area contributed by atoms with Crippen LogP contribution in [0.25, 0.3) is 0 Å². The molecule has 0 N–H and O–H groups in total. The molecule has 0 radical (unpaired) electrons. The van der Waals surface area contributed by atoms with Crippen molar-refractivity contribution in [1.29, 1.82) is 0 Å². The van der Waals surface area contributed by atoms with E-state index in [0.717, 1.165) is 50.8 Å². The van der Waals surface area contributed by atoms with Crippen LogP contribution < -0.4 is 0 Å². The molecule has 2 fully saturated rings. The minimum Gasteiger partial charge on any atom is -0.378 e. The van der Waals surface area contributed by atoms with Gasteiger partial charge in [0.15, 0.2) is 5.82 Å². The van der Waals surface area contributed by atoms with Crippen LogP contribution in [0, 0.1) is 19.8 Å². The number of aromatic nitrogens is 2. The molecule has 0 spiro atoms. The average molecular weight is 327 g/mol. The van der Waals surface area contributed by atoms with Crippen LogP contribution >= 0.6 is 0 Å². The van der Waals surface area contributed by atoms with Crippen LogP contribution in [0.2, 0.25) is 0 Å². The summed E-state index contributed by atoms with van der Waals surface area (Å²) in [6.45, 7) is 7.93. The van der Waals surface area contributed by atoms with Crippen molar-refractivity contribution in [1.82, 2.24) is 15.0 Å². The Kier molecular flexibility index (Phi) is 4.37. The fraction of sp³-hybridized carbons (Fsp3) is 0.579. The molecular weight excluding hydrogens is 302 g/mol. The Labute approximate surface area is 143 Å². The molecule has 0 amide bonds. The van der Waals surface area contributed by atoms with Crippen molar-refractivity contribution < 1.29 is 9.26 Å². The topological polar surface area (TPSA) is 51.4 Å². The lowest BCUT2D eigenvalue weighted by atomic mass is 9.79. The average Bonchev–Trinajstić information content (AvgIpc) is 3.03. The molecule has 2 aliphatic heterocycles. The van der Waals surface area contributed by atoms with Gasteiger partial charge in [0.05, 0.1) is 6.10 Å². The van der Waals surface area contributed by atoms with Crippen LogP contribution in [-0.2, 0) is 11.3 Å². The number of likely N-dealkylation sites (tertiary alicyclic amines) is 1. The molecule has 1 aromatic heterocycles. The van der Waals surface area contributed by atoms with E-state index in [0.29, 0.717) is 17.9 Å². The van der Waals surface area contributed by atoms with Gasteiger partial charge in [-0.05, 0) is 32.3 Å². The number of nitrogens with zero attached hydrogens (tertiary/aromatic N) is 3. The number of fused-ring (bicyclic) bond motifs is 1. The summed E-state index contributed by atoms with van der Waals surface area (Å²) in [5.41, 5.74) is 2.69. The van der Waals surface area contributed by atoms with Gasteiger partial charge in [-0.1, -0.05) is 35.0 Å². The third-order valence-corrected chi connectivity index (χ3v) is 5.34. The largest absolute Gasteiger partial charge is 0.378 e. The molecule has 24 heavy (non-hydrogen) atoms. The normalized spacial score (nSPS) is 27.8. The van der Waals surface area contributed by atoms with E-state index in [1.165, 1.54) is 11.1 Å². The summed E-state index contributed by atoms with van der Waals surface area (Å²) in [5, 5.41) is 3.98. The highest BCUT2D eigenvalue weighted by molar-refractivity contribution is 5.21. The van der Waals surface area contributed by atoms with Crippen LogP contribution in [0.15, 0.2) is 28.8 Å². The maximum Gasteiger partial charge on any atom is 0.230 e. The molecule has 2 saturated heterocycles. The van der Waals surface area contributed by atoms with Gasteiger partial charge in [0.1, 0.15) is 0 Å². The van der Waals surface area contributed by atoms with E-state index in [4.69, 9.17) is 9.26 Å². The monoisotopic (exact) mass is 327 g/mol. The highest BCUT2D eigenvalue weighted by Crippen LogP contribution is 2.39. The summed E-state index contributed by atoms with van der Waals surface area (Å²) in [4.78, 5) is 7.03. The quantitative estimate of drug-likeness (QED) is 0.867. The Balaban J connectivity index is 1.48. The minimum absolute atomic E-state index is 0.324. The van der Waals surface area contributed by atoms with Gasteiger partial charge in [0.2, 0.25) is 5.89 Å². The Morgan fingerprint density at radius 2 is 2.00 bits per heavy atom. The summed E-state index contributed by atoms with van der Waals surface area (Å²) in [6, 6.07) is 8.85. The SMILES string of the molecule is Cc1ccc(CN2CC[C@H]3OCC[C@@H](c4nc(C)no4)[C@H]3C2)cc1. The second-order valence-corrected chi connectivity index (χ2v) is 7.16. The zero-order chi connectivity index (χ0) is 16.5. The van der Waals surface area contributed by atoms with Gasteiger partial charge in [-0.15, -0.1) is 0 Å². The molecule has 2 aromatic rings. The Bertz CT molecular complexity index is 682. The highest BCUT2D eigenvalue weighted by atomic mass is 16.5. The molecule has 1 aromatic carbocycles. The van der Waals surface area contributed by atoms with Gasteiger partial charge in [-0.3, -0.25) is 4.90 Å². The number of ether oxygens (including phenoxy) is 1. The molecule has 4 rings (SSSR count). The first-order valence-corrected chi connectivity index (χ1v) is 8.89. The number of benzene rings is 1. The summed E-state index contributed by atoms with van der Waals surface area (Å²) in [5.74, 6) is 2.28.